The van der Waals surface area contributed by atoms with Crippen LogP contribution in [-0.4, -0.2) is 20.5 Å². The molecule has 1 aromatic carbocycles. The molecule has 2 aromatic heterocycles. The first kappa shape index (κ1) is 19.0. The van der Waals surface area contributed by atoms with Gasteiger partial charge >= 0.3 is 12.4 Å². The van der Waals surface area contributed by atoms with Crippen LogP contribution in [0, 0.1) is 0 Å². The van der Waals surface area contributed by atoms with Crippen molar-refractivity contribution < 1.29 is 31.1 Å². The van der Waals surface area contributed by atoms with E-state index in [1.807, 2.05) is 0 Å². The molecule has 12 heteroatoms. The third-order valence-electron chi connectivity index (χ3n) is 3.40. The molecule has 0 unspecified atom stereocenters. The van der Waals surface area contributed by atoms with Gasteiger partial charge in [0.05, 0.1) is 6.20 Å². The number of fused-ring (bicyclic) bond motifs is 1. The molecule has 0 radical (unpaired) electrons. The number of alkyl halides is 6. The second-order valence-electron chi connectivity index (χ2n) is 5.28. The molecule has 5 nitrogen and oxygen atoms in total. The molecule has 0 bridgehead atoms. The molecule has 0 aliphatic heterocycles. The molecule has 0 spiro atoms. The number of rotatable bonds is 2. The average Bonchev–Trinajstić information content (AvgIpc) is 2.98. The van der Waals surface area contributed by atoms with Crippen LogP contribution in [0.5, 0.6) is 0 Å². The Morgan fingerprint density at radius 1 is 1.04 bits per heavy atom. The van der Waals surface area contributed by atoms with Crippen LogP contribution in [0.2, 0.25) is 5.02 Å². The first-order valence-corrected chi connectivity index (χ1v) is 7.44. The van der Waals surface area contributed by atoms with Crippen LogP contribution in [0.1, 0.15) is 21.7 Å². The molecule has 0 aliphatic carbocycles. The Bertz CT molecular complexity index is 1010. The Kier molecular flexibility index (Phi) is 4.50. The summed E-state index contributed by atoms with van der Waals surface area (Å²) in [4.78, 5) is 15.4. The van der Waals surface area contributed by atoms with Gasteiger partial charge in [0.2, 0.25) is 0 Å². The molecule has 0 aliphatic rings. The van der Waals surface area contributed by atoms with Crippen molar-refractivity contribution in [2.24, 2.45) is 0 Å². The van der Waals surface area contributed by atoms with Gasteiger partial charge in [0, 0.05) is 10.7 Å². The topological polar surface area (TPSA) is 59.3 Å². The average molecular weight is 409 g/mol. The summed E-state index contributed by atoms with van der Waals surface area (Å²) in [6.07, 6.45) is -9.57. The standard InChI is InChI=1S/C15H7ClF6N4O/c16-7-1-3-8(4-2-7)24-13(27)9-6-23-26-11(15(20,21)22)5-10(14(17,18)19)25-12(9)26/h1-6H,(H,24,27). The summed E-state index contributed by atoms with van der Waals surface area (Å²) < 4.78 is 78.3. The lowest BCUT2D eigenvalue weighted by molar-refractivity contribution is -0.148. The van der Waals surface area contributed by atoms with Crippen molar-refractivity contribution in [1.82, 2.24) is 14.6 Å². The van der Waals surface area contributed by atoms with Gasteiger partial charge in [0.1, 0.15) is 11.3 Å². The third-order valence-corrected chi connectivity index (χ3v) is 3.65. The second kappa shape index (κ2) is 6.41. The number of carbonyl (C=O) groups is 1. The normalized spacial score (nSPS) is 12.4. The van der Waals surface area contributed by atoms with E-state index in [0.29, 0.717) is 11.2 Å². The number of hydrogen-bond acceptors (Lipinski definition) is 3. The van der Waals surface area contributed by atoms with E-state index in [1.165, 1.54) is 24.3 Å². The summed E-state index contributed by atoms with van der Waals surface area (Å²) in [6, 6.07) is 5.52. The minimum Gasteiger partial charge on any atom is -0.322 e. The quantitative estimate of drug-likeness (QED) is 0.627. The first-order valence-electron chi connectivity index (χ1n) is 7.07. The Hall–Kier alpha value is -2.82. The predicted octanol–water partition coefficient (Wildman–Crippen LogP) is 4.67. The highest BCUT2D eigenvalue weighted by molar-refractivity contribution is 6.30. The fourth-order valence-electron chi connectivity index (χ4n) is 2.20. The number of hydrogen-bond donors (Lipinski definition) is 1. The number of amides is 1. The van der Waals surface area contributed by atoms with Gasteiger partial charge in [-0.1, -0.05) is 11.6 Å². The van der Waals surface area contributed by atoms with Crippen molar-refractivity contribution in [2.45, 2.75) is 12.4 Å². The maximum atomic E-state index is 13.1. The fourth-order valence-corrected chi connectivity index (χ4v) is 2.33. The predicted molar refractivity (Wildman–Crippen MR) is 82.4 cm³/mol. The Labute approximate surface area is 151 Å². The first-order chi connectivity index (χ1) is 12.5. The highest BCUT2D eigenvalue weighted by atomic mass is 35.5. The number of nitrogens with one attached hydrogen (secondary N) is 1. The zero-order chi connectivity index (χ0) is 20.0. The van der Waals surface area contributed by atoms with Gasteiger partial charge in [-0.05, 0) is 30.3 Å². The van der Waals surface area contributed by atoms with Crippen LogP contribution in [0.25, 0.3) is 5.65 Å². The molecule has 0 saturated carbocycles. The Morgan fingerprint density at radius 2 is 1.67 bits per heavy atom. The van der Waals surface area contributed by atoms with Gasteiger partial charge in [-0.15, -0.1) is 0 Å². The smallest absolute Gasteiger partial charge is 0.322 e. The summed E-state index contributed by atoms with van der Waals surface area (Å²) in [7, 11) is 0. The molecule has 3 rings (SSSR count). The van der Waals surface area contributed by atoms with Gasteiger partial charge in [-0.3, -0.25) is 4.79 Å². The van der Waals surface area contributed by atoms with E-state index in [4.69, 9.17) is 11.6 Å². The highest BCUT2D eigenvalue weighted by Crippen LogP contribution is 2.35. The minimum absolute atomic E-state index is 0.145. The fraction of sp³-hybridized carbons (Fsp3) is 0.133. The molecule has 0 fully saturated rings. The monoisotopic (exact) mass is 408 g/mol. The lowest BCUT2D eigenvalue weighted by Crippen LogP contribution is -2.19. The number of benzene rings is 1. The van der Waals surface area contributed by atoms with Crippen LogP contribution < -0.4 is 5.32 Å². The van der Waals surface area contributed by atoms with Crippen molar-refractivity contribution in [1.29, 1.82) is 0 Å². The number of aromatic nitrogens is 3. The van der Waals surface area contributed by atoms with Crippen molar-refractivity contribution in [3.05, 3.63) is 58.5 Å². The molecule has 27 heavy (non-hydrogen) atoms. The number of nitrogens with zero attached hydrogens (tertiary/aromatic N) is 3. The number of carbonyl (C=O) groups excluding carboxylic acids is 1. The number of halogens is 7. The van der Waals surface area contributed by atoms with E-state index in [0.717, 1.165) is 0 Å². The van der Waals surface area contributed by atoms with Crippen LogP contribution >= 0.6 is 11.6 Å². The zero-order valence-electron chi connectivity index (χ0n) is 12.9. The molecule has 0 atom stereocenters. The van der Waals surface area contributed by atoms with Gasteiger partial charge in [0.15, 0.2) is 11.3 Å². The van der Waals surface area contributed by atoms with Gasteiger partial charge in [-0.25, -0.2) is 9.50 Å². The van der Waals surface area contributed by atoms with Crippen molar-refractivity contribution in [2.75, 3.05) is 5.32 Å². The van der Waals surface area contributed by atoms with E-state index >= 15 is 0 Å². The molecule has 2 heterocycles. The van der Waals surface area contributed by atoms with Gasteiger partial charge in [0.25, 0.3) is 5.91 Å². The molecule has 3 aromatic rings. The molecule has 1 amide bonds. The molecule has 1 N–H and O–H groups in total. The van der Waals surface area contributed by atoms with Gasteiger partial charge < -0.3 is 5.32 Å². The van der Waals surface area contributed by atoms with E-state index in [9.17, 15) is 31.1 Å². The van der Waals surface area contributed by atoms with Crippen LogP contribution in [0.4, 0.5) is 32.0 Å². The van der Waals surface area contributed by atoms with E-state index in [-0.39, 0.29) is 16.3 Å². The van der Waals surface area contributed by atoms with Crippen LogP contribution in [-0.2, 0) is 12.4 Å². The number of anilines is 1. The second-order valence-corrected chi connectivity index (χ2v) is 5.71. The van der Waals surface area contributed by atoms with E-state index < -0.39 is 40.9 Å². The molecular formula is C15H7ClF6N4O. The summed E-state index contributed by atoms with van der Waals surface area (Å²) in [6.45, 7) is 0. The molecular weight excluding hydrogens is 402 g/mol. The largest absolute Gasteiger partial charge is 0.433 e. The van der Waals surface area contributed by atoms with E-state index in [1.54, 1.807) is 0 Å². The minimum atomic E-state index is -5.14. The SMILES string of the molecule is O=C(Nc1ccc(Cl)cc1)c1cnn2c(C(F)(F)F)cc(C(F)(F)F)nc12. The van der Waals surface area contributed by atoms with Crippen molar-refractivity contribution in [3.63, 3.8) is 0 Å². The maximum Gasteiger partial charge on any atom is 0.433 e. The Balaban J connectivity index is 2.11. The summed E-state index contributed by atoms with van der Waals surface area (Å²) in [5.74, 6) is -0.979. The van der Waals surface area contributed by atoms with Crippen LogP contribution in [0.15, 0.2) is 36.5 Å². The van der Waals surface area contributed by atoms with Crippen molar-refractivity contribution >= 4 is 28.8 Å². The van der Waals surface area contributed by atoms with Crippen molar-refractivity contribution in [3.8, 4) is 0 Å². The third kappa shape index (κ3) is 3.82. The lowest BCUT2D eigenvalue weighted by Gasteiger charge is -2.13. The van der Waals surface area contributed by atoms with Gasteiger partial charge in [-0.2, -0.15) is 31.4 Å². The summed E-state index contributed by atoms with van der Waals surface area (Å²) in [5, 5.41) is 6.07. The summed E-state index contributed by atoms with van der Waals surface area (Å²) >= 11 is 5.70. The highest BCUT2D eigenvalue weighted by Gasteiger charge is 2.41. The lowest BCUT2D eigenvalue weighted by atomic mass is 10.2. The molecule has 142 valence electrons. The molecule has 0 saturated heterocycles. The van der Waals surface area contributed by atoms with Crippen LogP contribution in [0.3, 0.4) is 0 Å². The zero-order valence-corrected chi connectivity index (χ0v) is 13.6. The summed E-state index contributed by atoms with van der Waals surface area (Å²) in [5.41, 5.74) is -4.69. The Morgan fingerprint density at radius 3 is 2.22 bits per heavy atom. The maximum absolute atomic E-state index is 13.1. The van der Waals surface area contributed by atoms with E-state index in [2.05, 4.69) is 15.4 Å².